The average molecular weight is 360 g/mol. The molecule has 0 aliphatic rings. The summed E-state index contributed by atoms with van der Waals surface area (Å²) < 4.78 is 5.60. The summed E-state index contributed by atoms with van der Waals surface area (Å²) >= 11 is 0. The highest BCUT2D eigenvalue weighted by atomic mass is 16.5. The number of hydrogen-bond acceptors (Lipinski definition) is 5. The molecule has 0 spiro atoms. The minimum Gasteiger partial charge on any atom is -0.422 e. The van der Waals surface area contributed by atoms with Gasteiger partial charge in [-0.3, -0.25) is 0 Å². The van der Waals surface area contributed by atoms with Crippen molar-refractivity contribution in [2.45, 2.75) is 52.0 Å². The molecule has 0 aliphatic carbocycles. The molecule has 0 unspecified atom stereocenters. The first-order valence-electron chi connectivity index (χ1n) is 9.12. The Hall–Kier alpha value is -2.64. The molecule has 0 saturated heterocycles. The number of amides is 2. The molecule has 2 aromatic rings. The fraction of sp³-hybridized carbons (Fsp3) is 0.556. The molecule has 1 aromatic carbocycles. The maximum Gasteiger partial charge on any atom is 0.361 e. The third-order valence-electron chi connectivity index (χ3n) is 3.87. The van der Waals surface area contributed by atoms with Gasteiger partial charge in [-0.15, -0.1) is 0 Å². The van der Waals surface area contributed by atoms with E-state index in [9.17, 15) is 4.79 Å². The van der Waals surface area contributed by atoms with Crippen molar-refractivity contribution in [3.05, 3.63) is 24.3 Å². The smallest absolute Gasteiger partial charge is 0.361 e. The molecule has 1 aromatic heterocycles. The van der Waals surface area contributed by atoms with Crippen LogP contribution in [0.5, 0.6) is 11.8 Å². The lowest BCUT2D eigenvalue weighted by molar-refractivity contribution is 0.230. The number of hydrogen-bond donors (Lipinski definition) is 1. The third kappa shape index (κ3) is 6.70. The quantitative estimate of drug-likeness (QED) is 0.649. The Bertz CT molecular complexity index is 669. The molecule has 26 heavy (non-hydrogen) atoms. The Morgan fingerprint density at radius 1 is 1.12 bits per heavy atom. The first-order valence-corrected chi connectivity index (χ1v) is 9.12. The van der Waals surface area contributed by atoms with Gasteiger partial charge in [0.05, 0.1) is 6.54 Å². The number of nitrogens with one attached hydrogen (secondary N) is 1. The Morgan fingerprint density at radius 2 is 1.81 bits per heavy atom. The molecule has 1 heterocycles. The van der Waals surface area contributed by atoms with Crippen molar-refractivity contribution >= 4 is 11.7 Å². The molecule has 8 heteroatoms. The molecule has 142 valence electrons. The first kappa shape index (κ1) is 19.7. The van der Waals surface area contributed by atoms with Crippen molar-refractivity contribution in [2.24, 2.45) is 0 Å². The van der Waals surface area contributed by atoms with Crippen LogP contribution in [0.15, 0.2) is 24.3 Å². The van der Waals surface area contributed by atoms with Gasteiger partial charge in [0, 0.05) is 19.8 Å². The van der Waals surface area contributed by atoms with Gasteiger partial charge in [0.1, 0.15) is 5.75 Å². The average Bonchev–Trinajstić information content (AvgIpc) is 3.07. The Morgan fingerprint density at radius 3 is 2.50 bits per heavy atom. The van der Waals surface area contributed by atoms with Crippen LogP contribution in [-0.4, -0.2) is 45.2 Å². The maximum absolute atomic E-state index is 11.6. The summed E-state index contributed by atoms with van der Waals surface area (Å²) in [5.41, 5.74) is 0.690. The molecule has 0 atom stereocenters. The molecule has 0 bridgehead atoms. The molecule has 1 N–H and O–H groups in total. The maximum atomic E-state index is 11.6. The standard InChI is InChI=1S/C18H28N6O2/c1-4-5-6-7-8-9-14-24-21-17(20-22-24)26-16-12-10-15(11-13-16)19-18(25)23(2)3/h10-13H,4-9,14H2,1-3H3,(H,19,25). The summed E-state index contributed by atoms with van der Waals surface area (Å²) in [4.78, 5) is 14.6. The Labute approximate surface area is 154 Å². The summed E-state index contributed by atoms with van der Waals surface area (Å²) in [6, 6.07) is 7.06. The van der Waals surface area contributed by atoms with E-state index in [1.54, 1.807) is 43.2 Å². The lowest BCUT2D eigenvalue weighted by Gasteiger charge is -2.12. The topological polar surface area (TPSA) is 85.2 Å². The predicted molar refractivity (Wildman–Crippen MR) is 100 cm³/mol. The zero-order chi connectivity index (χ0) is 18.8. The van der Waals surface area contributed by atoms with Gasteiger partial charge in [-0.05, 0) is 35.9 Å². The summed E-state index contributed by atoms with van der Waals surface area (Å²) in [7, 11) is 3.38. The normalized spacial score (nSPS) is 10.6. The highest BCUT2D eigenvalue weighted by Gasteiger charge is 2.07. The predicted octanol–water partition coefficient (Wildman–Crippen LogP) is 3.92. The van der Waals surface area contributed by atoms with Crippen LogP contribution < -0.4 is 10.1 Å². The molecule has 2 rings (SSSR count). The Kier molecular flexibility index (Phi) is 7.85. The fourth-order valence-corrected chi connectivity index (χ4v) is 2.34. The van der Waals surface area contributed by atoms with Crippen LogP contribution in [0, 0.1) is 0 Å². The molecule has 2 amide bonds. The number of unbranched alkanes of at least 4 members (excludes halogenated alkanes) is 5. The van der Waals surface area contributed by atoms with Gasteiger partial charge in [-0.25, -0.2) is 4.79 Å². The summed E-state index contributed by atoms with van der Waals surface area (Å²) in [5.74, 6) is 0.590. The monoisotopic (exact) mass is 360 g/mol. The number of anilines is 1. The zero-order valence-electron chi connectivity index (χ0n) is 15.8. The molecule has 8 nitrogen and oxygen atoms in total. The van der Waals surface area contributed by atoms with Gasteiger partial charge >= 0.3 is 12.0 Å². The van der Waals surface area contributed by atoms with Gasteiger partial charge in [-0.1, -0.05) is 49.2 Å². The molecule has 0 fully saturated rings. The van der Waals surface area contributed by atoms with E-state index in [0.29, 0.717) is 11.4 Å². The summed E-state index contributed by atoms with van der Waals surface area (Å²) in [5, 5.41) is 14.9. The lowest BCUT2D eigenvalue weighted by Crippen LogP contribution is -2.27. The highest BCUT2D eigenvalue weighted by Crippen LogP contribution is 2.20. The molecular formula is C18H28N6O2. The van der Waals surface area contributed by atoms with E-state index in [-0.39, 0.29) is 12.0 Å². The molecule has 0 radical (unpaired) electrons. The number of carbonyl (C=O) groups is 1. The second-order valence-corrected chi connectivity index (χ2v) is 6.39. The number of rotatable bonds is 10. The van der Waals surface area contributed by atoms with Crippen molar-refractivity contribution in [3.63, 3.8) is 0 Å². The van der Waals surface area contributed by atoms with Crippen LogP contribution in [0.25, 0.3) is 0 Å². The second-order valence-electron chi connectivity index (χ2n) is 6.39. The van der Waals surface area contributed by atoms with E-state index in [0.717, 1.165) is 13.0 Å². The third-order valence-corrected chi connectivity index (χ3v) is 3.87. The van der Waals surface area contributed by atoms with E-state index in [4.69, 9.17) is 4.74 Å². The summed E-state index contributed by atoms with van der Waals surface area (Å²) in [6.07, 6.45) is 7.33. The van der Waals surface area contributed by atoms with Crippen LogP contribution in [0.1, 0.15) is 45.4 Å². The van der Waals surface area contributed by atoms with Crippen molar-refractivity contribution in [3.8, 4) is 11.8 Å². The van der Waals surface area contributed by atoms with Gasteiger partial charge in [0.25, 0.3) is 0 Å². The number of urea groups is 1. The molecular weight excluding hydrogens is 332 g/mol. The van der Waals surface area contributed by atoms with E-state index < -0.39 is 0 Å². The van der Waals surface area contributed by atoms with E-state index in [1.807, 2.05) is 0 Å². The number of carbonyl (C=O) groups excluding carboxylic acids is 1. The SMILES string of the molecule is CCCCCCCCn1nnc(Oc2ccc(NC(=O)N(C)C)cc2)n1. The largest absolute Gasteiger partial charge is 0.422 e. The summed E-state index contributed by atoms with van der Waals surface area (Å²) in [6.45, 7) is 2.96. The number of benzene rings is 1. The lowest BCUT2D eigenvalue weighted by atomic mass is 10.1. The van der Waals surface area contributed by atoms with Crippen molar-refractivity contribution in [2.75, 3.05) is 19.4 Å². The van der Waals surface area contributed by atoms with Crippen molar-refractivity contribution in [1.29, 1.82) is 0 Å². The van der Waals surface area contributed by atoms with Crippen LogP contribution in [0.4, 0.5) is 10.5 Å². The van der Waals surface area contributed by atoms with Gasteiger partial charge < -0.3 is 15.0 Å². The Balaban J connectivity index is 1.76. The minimum absolute atomic E-state index is 0.182. The number of nitrogens with zero attached hydrogens (tertiary/aromatic N) is 5. The van der Waals surface area contributed by atoms with Crippen molar-refractivity contribution < 1.29 is 9.53 Å². The van der Waals surface area contributed by atoms with Crippen LogP contribution in [0.3, 0.4) is 0 Å². The molecule has 0 saturated carbocycles. The minimum atomic E-state index is -0.182. The highest BCUT2D eigenvalue weighted by molar-refractivity contribution is 5.88. The van der Waals surface area contributed by atoms with Gasteiger partial charge in [0.2, 0.25) is 0 Å². The number of ether oxygens (including phenoxy) is 1. The van der Waals surface area contributed by atoms with E-state index in [2.05, 4.69) is 27.7 Å². The van der Waals surface area contributed by atoms with E-state index in [1.165, 1.54) is 37.0 Å². The first-order chi connectivity index (χ1) is 12.6. The molecule has 0 aliphatic heterocycles. The van der Waals surface area contributed by atoms with Crippen LogP contribution in [-0.2, 0) is 6.54 Å². The van der Waals surface area contributed by atoms with Crippen LogP contribution >= 0.6 is 0 Å². The van der Waals surface area contributed by atoms with E-state index >= 15 is 0 Å². The zero-order valence-corrected chi connectivity index (χ0v) is 15.8. The number of aryl methyl sites for hydroxylation is 1. The number of tetrazole rings is 1. The fourth-order valence-electron chi connectivity index (χ4n) is 2.34. The number of aromatic nitrogens is 4. The second kappa shape index (κ2) is 10.4. The van der Waals surface area contributed by atoms with Crippen LogP contribution in [0.2, 0.25) is 0 Å². The van der Waals surface area contributed by atoms with Crippen molar-refractivity contribution in [1.82, 2.24) is 25.1 Å². The van der Waals surface area contributed by atoms with Gasteiger partial charge in [0.15, 0.2) is 0 Å². The van der Waals surface area contributed by atoms with Gasteiger partial charge in [-0.2, -0.15) is 4.80 Å².